The lowest BCUT2D eigenvalue weighted by atomic mass is 9.77. The minimum atomic E-state index is -0.740. The molecular formula is C15H18ClN3O2. The first-order valence-corrected chi connectivity index (χ1v) is 7.58. The summed E-state index contributed by atoms with van der Waals surface area (Å²) in [5.41, 5.74) is 6.55. The predicted octanol–water partition coefficient (Wildman–Crippen LogP) is 2.29. The number of hydrogen-bond acceptors (Lipinski definition) is 3. The van der Waals surface area contributed by atoms with E-state index in [4.69, 9.17) is 17.3 Å². The van der Waals surface area contributed by atoms with Crippen molar-refractivity contribution in [3.05, 3.63) is 23.2 Å². The van der Waals surface area contributed by atoms with E-state index in [1.807, 2.05) is 0 Å². The Balaban J connectivity index is 1.75. The molecular weight excluding hydrogens is 290 g/mol. The van der Waals surface area contributed by atoms with Gasteiger partial charge in [-0.25, -0.2) is 0 Å². The molecule has 2 amide bonds. The van der Waals surface area contributed by atoms with Gasteiger partial charge >= 0.3 is 0 Å². The van der Waals surface area contributed by atoms with Crippen molar-refractivity contribution in [3.8, 4) is 0 Å². The third kappa shape index (κ3) is 2.63. The zero-order valence-corrected chi connectivity index (χ0v) is 12.4. The van der Waals surface area contributed by atoms with Gasteiger partial charge in [0, 0.05) is 18.7 Å². The summed E-state index contributed by atoms with van der Waals surface area (Å²) in [6, 6.07) is 5.19. The molecule has 3 rings (SSSR count). The van der Waals surface area contributed by atoms with E-state index in [1.165, 1.54) is 0 Å². The summed E-state index contributed by atoms with van der Waals surface area (Å²) in [5.74, 6) is -0.0844. The molecule has 0 unspecified atom stereocenters. The average Bonchev–Trinajstić information content (AvgIpc) is 2.82. The number of benzene rings is 1. The fourth-order valence-corrected chi connectivity index (χ4v) is 3.03. The maximum Gasteiger partial charge on any atom is 0.244 e. The average molecular weight is 308 g/mol. The standard InChI is InChI=1S/C15H18ClN3O2/c16-11-9-10(18-14(21)15(17)6-2-7-15)4-5-12(11)19-8-1-3-13(19)20/h4-5,9H,1-3,6-8,17H2,(H,18,21). The van der Waals surface area contributed by atoms with Crippen LogP contribution in [0.4, 0.5) is 11.4 Å². The number of nitrogens with zero attached hydrogens (tertiary/aromatic N) is 1. The van der Waals surface area contributed by atoms with E-state index < -0.39 is 5.54 Å². The van der Waals surface area contributed by atoms with Gasteiger partial charge in [-0.15, -0.1) is 0 Å². The van der Waals surface area contributed by atoms with Crippen LogP contribution in [0.3, 0.4) is 0 Å². The molecule has 0 spiro atoms. The van der Waals surface area contributed by atoms with Gasteiger partial charge in [-0.05, 0) is 43.9 Å². The topological polar surface area (TPSA) is 75.4 Å². The lowest BCUT2D eigenvalue weighted by molar-refractivity contribution is -0.123. The summed E-state index contributed by atoms with van der Waals surface area (Å²) >= 11 is 6.24. The van der Waals surface area contributed by atoms with Crippen LogP contribution in [0.5, 0.6) is 0 Å². The highest BCUT2D eigenvalue weighted by atomic mass is 35.5. The Morgan fingerprint density at radius 2 is 2.10 bits per heavy atom. The maximum absolute atomic E-state index is 12.1. The highest BCUT2D eigenvalue weighted by molar-refractivity contribution is 6.34. The molecule has 1 aromatic rings. The van der Waals surface area contributed by atoms with Crippen molar-refractivity contribution in [2.24, 2.45) is 5.73 Å². The molecule has 0 aromatic heterocycles. The Bertz CT molecular complexity index is 599. The van der Waals surface area contributed by atoms with Gasteiger partial charge in [-0.1, -0.05) is 11.6 Å². The number of carbonyl (C=O) groups is 2. The van der Waals surface area contributed by atoms with Gasteiger partial charge in [0.15, 0.2) is 0 Å². The van der Waals surface area contributed by atoms with E-state index in [-0.39, 0.29) is 11.8 Å². The van der Waals surface area contributed by atoms with E-state index in [1.54, 1.807) is 23.1 Å². The largest absolute Gasteiger partial charge is 0.324 e. The molecule has 1 heterocycles. The van der Waals surface area contributed by atoms with Gasteiger partial charge in [0.1, 0.15) is 0 Å². The monoisotopic (exact) mass is 307 g/mol. The van der Waals surface area contributed by atoms with Crippen molar-refractivity contribution >= 4 is 34.8 Å². The minimum absolute atomic E-state index is 0.0871. The van der Waals surface area contributed by atoms with Gasteiger partial charge in [-0.2, -0.15) is 0 Å². The number of carbonyl (C=O) groups excluding carboxylic acids is 2. The fourth-order valence-electron chi connectivity index (χ4n) is 2.75. The molecule has 3 N–H and O–H groups in total. The summed E-state index contributed by atoms with van der Waals surface area (Å²) in [7, 11) is 0. The highest BCUT2D eigenvalue weighted by Crippen LogP contribution is 2.33. The van der Waals surface area contributed by atoms with Gasteiger partial charge in [0.25, 0.3) is 0 Å². The lowest BCUT2D eigenvalue weighted by Crippen LogP contribution is -2.56. The van der Waals surface area contributed by atoms with Crippen LogP contribution in [-0.2, 0) is 9.59 Å². The molecule has 1 saturated heterocycles. The van der Waals surface area contributed by atoms with Crippen LogP contribution in [-0.4, -0.2) is 23.9 Å². The Kier molecular flexibility index (Phi) is 3.63. The quantitative estimate of drug-likeness (QED) is 0.899. The zero-order valence-electron chi connectivity index (χ0n) is 11.7. The van der Waals surface area contributed by atoms with Crippen molar-refractivity contribution in [1.29, 1.82) is 0 Å². The molecule has 0 atom stereocenters. The van der Waals surface area contributed by atoms with Crippen molar-refractivity contribution in [3.63, 3.8) is 0 Å². The normalized spacial score (nSPS) is 20.3. The molecule has 1 saturated carbocycles. The SMILES string of the molecule is NC1(C(=O)Nc2ccc(N3CCCC3=O)c(Cl)c2)CCC1. The summed E-state index contributed by atoms with van der Waals surface area (Å²) in [5, 5.41) is 3.26. The minimum Gasteiger partial charge on any atom is -0.324 e. The van der Waals surface area contributed by atoms with Gasteiger partial charge in [0.2, 0.25) is 11.8 Å². The highest BCUT2D eigenvalue weighted by Gasteiger charge is 2.40. The molecule has 1 aliphatic carbocycles. The first-order valence-electron chi connectivity index (χ1n) is 7.20. The number of amides is 2. The van der Waals surface area contributed by atoms with Crippen LogP contribution in [0.1, 0.15) is 32.1 Å². The predicted molar refractivity (Wildman–Crippen MR) is 82.4 cm³/mol. The van der Waals surface area contributed by atoms with Crippen LogP contribution >= 0.6 is 11.6 Å². The van der Waals surface area contributed by atoms with Crippen molar-refractivity contribution in [1.82, 2.24) is 0 Å². The summed E-state index contributed by atoms with van der Waals surface area (Å²) in [6.45, 7) is 0.691. The Morgan fingerprint density at radius 1 is 1.33 bits per heavy atom. The molecule has 112 valence electrons. The fraction of sp³-hybridized carbons (Fsp3) is 0.467. The summed E-state index contributed by atoms with van der Waals surface area (Å²) < 4.78 is 0. The number of nitrogens with one attached hydrogen (secondary N) is 1. The van der Waals surface area contributed by atoms with Crippen molar-refractivity contribution in [2.45, 2.75) is 37.6 Å². The smallest absolute Gasteiger partial charge is 0.244 e. The Morgan fingerprint density at radius 3 is 2.62 bits per heavy atom. The Hall–Kier alpha value is -1.59. The third-order valence-corrected chi connectivity index (χ3v) is 4.57. The molecule has 1 aliphatic heterocycles. The molecule has 0 bridgehead atoms. The van der Waals surface area contributed by atoms with E-state index in [2.05, 4.69) is 5.32 Å². The molecule has 5 nitrogen and oxygen atoms in total. The van der Waals surface area contributed by atoms with Crippen LogP contribution in [0, 0.1) is 0 Å². The molecule has 0 radical (unpaired) electrons. The van der Waals surface area contributed by atoms with Crippen molar-refractivity contribution < 1.29 is 9.59 Å². The van der Waals surface area contributed by atoms with E-state index in [0.717, 1.165) is 12.8 Å². The Labute approximate surface area is 128 Å². The molecule has 2 fully saturated rings. The van der Waals surface area contributed by atoms with Crippen LogP contribution < -0.4 is 16.0 Å². The summed E-state index contributed by atoms with van der Waals surface area (Å²) in [6.07, 6.45) is 3.83. The van der Waals surface area contributed by atoms with Crippen LogP contribution in [0.25, 0.3) is 0 Å². The number of anilines is 2. The molecule has 1 aromatic carbocycles. The lowest BCUT2D eigenvalue weighted by Gasteiger charge is -2.36. The first kappa shape index (κ1) is 14.4. The number of rotatable bonds is 3. The van der Waals surface area contributed by atoms with Gasteiger partial charge < -0.3 is 16.0 Å². The second kappa shape index (κ2) is 5.31. The van der Waals surface area contributed by atoms with Crippen molar-refractivity contribution in [2.75, 3.05) is 16.8 Å². The van der Waals surface area contributed by atoms with E-state index >= 15 is 0 Å². The van der Waals surface area contributed by atoms with E-state index in [9.17, 15) is 9.59 Å². The second-order valence-electron chi connectivity index (χ2n) is 5.78. The molecule has 2 aliphatic rings. The maximum atomic E-state index is 12.1. The molecule has 6 heteroatoms. The van der Waals surface area contributed by atoms with Gasteiger partial charge in [0.05, 0.1) is 16.2 Å². The molecule has 21 heavy (non-hydrogen) atoms. The first-order chi connectivity index (χ1) is 9.99. The second-order valence-corrected chi connectivity index (χ2v) is 6.19. The van der Waals surface area contributed by atoms with Crippen LogP contribution in [0.15, 0.2) is 18.2 Å². The van der Waals surface area contributed by atoms with Gasteiger partial charge in [-0.3, -0.25) is 9.59 Å². The van der Waals surface area contributed by atoms with E-state index in [0.29, 0.717) is 42.2 Å². The zero-order chi connectivity index (χ0) is 15.0. The number of halogens is 1. The number of nitrogens with two attached hydrogens (primary N) is 1. The summed E-state index contributed by atoms with van der Waals surface area (Å²) in [4.78, 5) is 25.5. The third-order valence-electron chi connectivity index (χ3n) is 4.27. The van der Waals surface area contributed by atoms with Crippen LogP contribution in [0.2, 0.25) is 5.02 Å². The number of hydrogen-bond donors (Lipinski definition) is 2.